The highest BCUT2D eigenvalue weighted by molar-refractivity contribution is 8.03. The molecule has 0 saturated heterocycles. The number of rotatable bonds is 0. The molecule has 0 aromatic heterocycles. The SMILES string of the molecule is CN1/C(=C2\Cc3ccccc3C2=O)Sc2ccccc21. The minimum absolute atomic E-state index is 0.183. The Morgan fingerprint density at radius 2 is 1.80 bits per heavy atom. The van der Waals surface area contributed by atoms with Crippen molar-refractivity contribution in [3.05, 3.63) is 70.3 Å². The van der Waals surface area contributed by atoms with E-state index in [9.17, 15) is 4.79 Å². The van der Waals surface area contributed by atoms with E-state index < -0.39 is 0 Å². The van der Waals surface area contributed by atoms with Gasteiger partial charge in [0.25, 0.3) is 0 Å². The first-order valence-electron chi connectivity index (χ1n) is 6.62. The summed E-state index contributed by atoms with van der Waals surface area (Å²) in [6.45, 7) is 0. The van der Waals surface area contributed by atoms with Crippen LogP contribution in [0.2, 0.25) is 0 Å². The zero-order valence-electron chi connectivity index (χ0n) is 11.1. The number of carbonyl (C=O) groups is 1. The molecule has 20 heavy (non-hydrogen) atoms. The third kappa shape index (κ3) is 1.56. The Morgan fingerprint density at radius 1 is 1.05 bits per heavy atom. The fourth-order valence-electron chi connectivity index (χ4n) is 2.87. The molecular weight excluding hydrogens is 266 g/mol. The lowest BCUT2D eigenvalue weighted by Gasteiger charge is -2.15. The fourth-order valence-corrected chi connectivity index (χ4v) is 4.06. The number of nitrogens with zero attached hydrogens (tertiary/aromatic N) is 1. The molecule has 2 aromatic rings. The van der Waals surface area contributed by atoms with Crippen molar-refractivity contribution < 1.29 is 4.79 Å². The molecule has 4 rings (SSSR count). The van der Waals surface area contributed by atoms with Gasteiger partial charge in [0.1, 0.15) is 0 Å². The van der Waals surface area contributed by atoms with Crippen LogP contribution < -0.4 is 4.90 Å². The standard InChI is InChI=1S/C17H13NOS/c1-18-14-8-4-5-9-15(14)20-17(18)13-10-11-6-2-3-7-12(11)16(13)19/h2-9H,10H2,1H3/b17-13-. The molecule has 2 nitrogen and oxygen atoms in total. The molecule has 0 unspecified atom stereocenters. The molecule has 0 saturated carbocycles. The number of carbonyl (C=O) groups excluding carboxylic acids is 1. The average Bonchev–Trinajstić information content (AvgIpc) is 2.98. The second-order valence-corrected chi connectivity index (χ2v) is 6.11. The van der Waals surface area contributed by atoms with Crippen LogP contribution in [0.5, 0.6) is 0 Å². The highest BCUT2D eigenvalue weighted by Crippen LogP contribution is 2.47. The van der Waals surface area contributed by atoms with Crippen molar-refractivity contribution in [1.29, 1.82) is 0 Å². The summed E-state index contributed by atoms with van der Waals surface area (Å²) in [6, 6.07) is 16.2. The summed E-state index contributed by atoms with van der Waals surface area (Å²) in [6.07, 6.45) is 0.746. The minimum atomic E-state index is 0.183. The number of para-hydroxylation sites is 1. The van der Waals surface area contributed by atoms with Crippen LogP contribution >= 0.6 is 11.8 Å². The Morgan fingerprint density at radius 3 is 2.60 bits per heavy atom. The first-order valence-corrected chi connectivity index (χ1v) is 7.44. The molecule has 3 heteroatoms. The number of thioether (sulfide) groups is 1. The summed E-state index contributed by atoms with van der Waals surface area (Å²) in [4.78, 5) is 15.9. The molecule has 2 aromatic carbocycles. The number of anilines is 1. The third-order valence-corrected chi connectivity index (χ3v) is 5.18. The Bertz CT molecular complexity index is 763. The highest BCUT2D eigenvalue weighted by atomic mass is 32.2. The highest BCUT2D eigenvalue weighted by Gasteiger charge is 2.32. The van der Waals surface area contributed by atoms with E-state index in [2.05, 4.69) is 17.0 Å². The van der Waals surface area contributed by atoms with E-state index in [1.807, 2.05) is 43.4 Å². The molecule has 0 fully saturated rings. The molecule has 1 aliphatic carbocycles. The van der Waals surface area contributed by atoms with Crippen LogP contribution in [0.4, 0.5) is 5.69 Å². The molecule has 2 aliphatic rings. The molecule has 1 heterocycles. The van der Waals surface area contributed by atoms with Crippen LogP contribution in [-0.2, 0) is 6.42 Å². The van der Waals surface area contributed by atoms with Gasteiger partial charge in [0.2, 0.25) is 0 Å². The van der Waals surface area contributed by atoms with Gasteiger partial charge < -0.3 is 4.90 Å². The second-order valence-electron chi connectivity index (χ2n) is 5.08. The first kappa shape index (κ1) is 11.8. The van der Waals surface area contributed by atoms with E-state index in [-0.39, 0.29) is 5.78 Å². The largest absolute Gasteiger partial charge is 0.338 e. The molecule has 98 valence electrons. The fraction of sp³-hybridized carbons (Fsp3) is 0.118. The number of fused-ring (bicyclic) bond motifs is 2. The molecule has 0 atom stereocenters. The lowest BCUT2D eigenvalue weighted by Crippen LogP contribution is -2.14. The third-order valence-electron chi connectivity index (χ3n) is 3.90. The van der Waals surface area contributed by atoms with Gasteiger partial charge in [-0.25, -0.2) is 0 Å². The maximum absolute atomic E-state index is 12.6. The molecular formula is C17H13NOS. The van der Waals surface area contributed by atoms with E-state index in [0.717, 1.165) is 28.1 Å². The Kier molecular flexibility index (Phi) is 2.51. The van der Waals surface area contributed by atoms with Gasteiger partial charge in [0, 0.05) is 29.5 Å². The lowest BCUT2D eigenvalue weighted by atomic mass is 10.1. The van der Waals surface area contributed by atoms with Crippen molar-refractivity contribution in [3.63, 3.8) is 0 Å². The van der Waals surface area contributed by atoms with Crippen LogP contribution in [0.15, 0.2) is 64.0 Å². The smallest absolute Gasteiger partial charge is 0.192 e. The second kappa shape index (κ2) is 4.25. The van der Waals surface area contributed by atoms with Crippen molar-refractivity contribution in [3.8, 4) is 0 Å². The van der Waals surface area contributed by atoms with E-state index in [1.54, 1.807) is 11.8 Å². The van der Waals surface area contributed by atoms with Gasteiger partial charge in [-0.3, -0.25) is 4.79 Å². The van der Waals surface area contributed by atoms with E-state index >= 15 is 0 Å². The van der Waals surface area contributed by atoms with E-state index in [4.69, 9.17) is 0 Å². The van der Waals surface area contributed by atoms with Gasteiger partial charge in [-0.2, -0.15) is 0 Å². The van der Waals surface area contributed by atoms with Crippen LogP contribution in [0.25, 0.3) is 0 Å². The van der Waals surface area contributed by atoms with Crippen molar-refractivity contribution in [1.82, 2.24) is 0 Å². The summed E-state index contributed by atoms with van der Waals surface area (Å²) >= 11 is 1.70. The average molecular weight is 279 g/mol. The van der Waals surface area contributed by atoms with Crippen LogP contribution in [0, 0.1) is 0 Å². The van der Waals surface area contributed by atoms with Gasteiger partial charge >= 0.3 is 0 Å². The molecule has 0 bridgehead atoms. The predicted octanol–water partition coefficient (Wildman–Crippen LogP) is 3.88. The maximum Gasteiger partial charge on any atom is 0.192 e. The number of allylic oxidation sites excluding steroid dienone is 1. The molecule has 1 aliphatic heterocycles. The monoisotopic (exact) mass is 279 g/mol. The molecule has 0 amide bonds. The number of hydrogen-bond donors (Lipinski definition) is 0. The van der Waals surface area contributed by atoms with Crippen molar-refractivity contribution in [2.75, 3.05) is 11.9 Å². The van der Waals surface area contributed by atoms with E-state index in [0.29, 0.717) is 0 Å². The van der Waals surface area contributed by atoms with Crippen LogP contribution in [0.3, 0.4) is 0 Å². The summed E-state index contributed by atoms with van der Waals surface area (Å²) in [5, 5.41) is 1.08. The van der Waals surface area contributed by atoms with Gasteiger partial charge in [-0.05, 0) is 17.7 Å². The van der Waals surface area contributed by atoms with Crippen molar-refractivity contribution in [2.45, 2.75) is 11.3 Å². The number of benzene rings is 2. The predicted molar refractivity (Wildman–Crippen MR) is 82.2 cm³/mol. The van der Waals surface area contributed by atoms with Gasteiger partial charge in [-0.1, -0.05) is 48.2 Å². The molecule has 0 radical (unpaired) electrons. The minimum Gasteiger partial charge on any atom is -0.338 e. The summed E-state index contributed by atoms with van der Waals surface area (Å²) in [5.74, 6) is 0.183. The Balaban J connectivity index is 1.82. The van der Waals surface area contributed by atoms with Crippen LogP contribution in [-0.4, -0.2) is 12.8 Å². The normalized spacial score (nSPS) is 20.2. The molecule has 0 N–H and O–H groups in total. The number of Topliss-reactive ketones (excluding diaryl/α,β-unsaturated/α-hetero) is 1. The topological polar surface area (TPSA) is 20.3 Å². The number of ketones is 1. The van der Waals surface area contributed by atoms with Gasteiger partial charge in [0.05, 0.1) is 10.7 Å². The van der Waals surface area contributed by atoms with Crippen molar-refractivity contribution >= 4 is 23.2 Å². The van der Waals surface area contributed by atoms with Gasteiger partial charge in [0.15, 0.2) is 5.78 Å². The zero-order valence-corrected chi connectivity index (χ0v) is 11.9. The Hall–Kier alpha value is -2.00. The quantitative estimate of drug-likeness (QED) is 0.683. The van der Waals surface area contributed by atoms with Crippen molar-refractivity contribution in [2.24, 2.45) is 0 Å². The number of hydrogen-bond acceptors (Lipinski definition) is 3. The zero-order chi connectivity index (χ0) is 13.7. The van der Waals surface area contributed by atoms with E-state index in [1.165, 1.54) is 10.6 Å². The van der Waals surface area contributed by atoms with Gasteiger partial charge in [-0.15, -0.1) is 0 Å². The summed E-state index contributed by atoms with van der Waals surface area (Å²) < 4.78 is 0. The summed E-state index contributed by atoms with van der Waals surface area (Å²) in [5.41, 5.74) is 4.11. The Labute approximate surface area is 122 Å². The summed E-state index contributed by atoms with van der Waals surface area (Å²) in [7, 11) is 2.04. The maximum atomic E-state index is 12.6. The van der Waals surface area contributed by atoms with Crippen LogP contribution in [0.1, 0.15) is 15.9 Å². The first-order chi connectivity index (χ1) is 9.75. The lowest BCUT2D eigenvalue weighted by molar-refractivity contribution is 0.103. The molecule has 0 spiro atoms.